The predicted molar refractivity (Wildman–Crippen MR) is 69.9 cm³/mol. The number of carbonyl (C=O) groups is 1. The number of sulfonamides is 1. The molecule has 0 radical (unpaired) electrons. The summed E-state index contributed by atoms with van der Waals surface area (Å²) in [5.41, 5.74) is 6.23. The van der Waals surface area contributed by atoms with Crippen molar-refractivity contribution in [2.45, 2.75) is 18.9 Å². The Morgan fingerprint density at radius 2 is 2.16 bits per heavy atom. The number of nitrogens with zero attached hydrogens (tertiary/aromatic N) is 2. The van der Waals surface area contributed by atoms with E-state index in [1.54, 1.807) is 4.90 Å². The van der Waals surface area contributed by atoms with E-state index in [1.165, 1.54) is 6.20 Å². The van der Waals surface area contributed by atoms with Gasteiger partial charge < -0.3 is 10.6 Å². The highest BCUT2D eigenvalue weighted by molar-refractivity contribution is 7.88. The zero-order valence-corrected chi connectivity index (χ0v) is 11.4. The average molecular weight is 287 g/mol. The maximum atomic E-state index is 12.1. The van der Waals surface area contributed by atoms with Gasteiger partial charge in [-0.15, -0.1) is 0 Å². The first-order valence-corrected chi connectivity index (χ1v) is 7.81. The number of nitrogens with two attached hydrogens (primary N) is 1. The summed E-state index contributed by atoms with van der Waals surface area (Å²) >= 11 is 0. The molecule has 0 aliphatic carbocycles. The molecule has 0 atom stereocenters. The van der Waals surface area contributed by atoms with E-state index < -0.39 is 10.0 Å². The number of likely N-dealkylation sites (tertiary alicyclic amines) is 1. The largest absolute Gasteiger partial charge is 0.396 e. The molecule has 1 aliphatic rings. The lowest BCUT2D eigenvalue weighted by Gasteiger charge is -2.31. The third kappa shape index (κ3) is 3.44. The summed E-state index contributed by atoms with van der Waals surface area (Å²) in [6.45, 7) is 0.981. The van der Waals surface area contributed by atoms with Gasteiger partial charge in [0.15, 0.2) is 0 Å². The van der Waals surface area contributed by atoms with E-state index in [9.17, 15) is 13.2 Å². The van der Waals surface area contributed by atoms with Crippen LogP contribution in [0.3, 0.4) is 0 Å². The van der Waals surface area contributed by atoms with Gasteiger partial charge in [0.2, 0.25) is 10.0 Å². The topological polar surface area (TPSA) is 121 Å². The van der Waals surface area contributed by atoms with Gasteiger partial charge >= 0.3 is 0 Å². The van der Waals surface area contributed by atoms with Gasteiger partial charge in [0.25, 0.3) is 5.91 Å². The number of nitrogens with one attached hydrogen (secondary N) is 2. The van der Waals surface area contributed by atoms with E-state index in [0.29, 0.717) is 31.6 Å². The first kappa shape index (κ1) is 13.8. The molecule has 8 nitrogen and oxygen atoms in total. The van der Waals surface area contributed by atoms with E-state index in [-0.39, 0.29) is 17.6 Å². The number of aromatic amines is 1. The van der Waals surface area contributed by atoms with Crippen LogP contribution >= 0.6 is 0 Å². The molecule has 9 heteroatoms. The van der Waals surface area contributed by atoms with Gasteiger partial charge in [0, 0.05) is 19.1 Å². The van der Waals surface area contributed by atoms with Crippen LogP contribution in [0.25, 0.3) is 0 Å². The monoisotopic (exact) mass is 287 g/mol. The highest BCUT2D eigenvalue weighted by Gasteiger charge is 2.26. The zero-order chi connectivity index (χ0) is 14.0. The van der Waals surface area contributed by atoms with Gasteiger partial charge in [-0.2, -0.15) is 5.10 Å². The molecule has 1 amide bonds. The molecular weight excluding hydrogens is 270 g/mol. The summed E-state index contributed by atoms with van der Waals surface area (Å²) in [6.07, 6.45) is 3.71. The molecule has 0 spiro atoms. The van der Waals surface area contributed by atoms with Gasteiger partial charge in [-0.1, -0.05) is 0 Å². The number of piperidine rings is 1. The quantitative estimate of drug-likeness (QED) is 0.668. The number of anilines is 1. The third-order valence-corrected chi connectivity index (χ3v) is 3.81. The van der Waals surface area contributed by atoms with Crippen LogP contribution < -0.4 is 10.5 Å². The van der Waals surface area contributed by atoms with Crippen molar-refractivity contribution in [3.63, 3.8) is 0 Å². The Kier molecular flexibility index (Phi) is 3.76. The second-order valence-corrected chi connectivity index (χ2v) is 6.44. The van der Waals surface area contributed by atoms with Crippen molar-refractivity contribution in [3.8, 4) is 0 Å². The Hall–Kier alpha value is -1.61. The smallest absolute Gasteiger partial charge is 0.274 e. The molecular formula is C10H17N5O3S. The van der Waals surface area contributed by atoms with Crippen molar-refractivity contribution in [3.05, 3.63) is 11.9 Å². The van der Waals surface area contributed by atoms with E-state index in [0.717, 1.165) is 6.26 Å². The summed E-state index contributed by atoms with van der Waals surface area (Å²) in [5, 5.41) is 6.29. The minimum atomic E-state index is -3.20. The number of nitrogen functional groups attached to an aromatic ring is 1. The fourth-order valence-electron chi connectivity index (χ4n) is 2.13. The Morgan fingerprint density at radius 1 is 1.53 bits per heavy atom. The lowest BCUT2D eigenvalue weighted by molar-refractivity contribution is 0.0706. The first-order chi connectivity index (χ1) is 8.87. The first-order valence-electron chi connectivity index (χ1n) is 5.92. The van der Waals surface area contributed by atoms with Crippen molar-refractivity contribution in [1.29, 1.82) is 0 Å². The van der Waals surface area contributed by atoms with Crippen LogP contribution in [0.15, 0.2) is 6.20 Å². The van der Waals surface area contributed by atoms with E-state index >= 15 is 0 Å². The summed E-state index contributed by atoms with van der Waals surface area (Å²) in [6, 6.07) is -0.113. The van der Waals surface area contributed by atoms with Crippen molar-refractivity contribution >= 4 is 21.6 Å². The fourth-order valence-corrected chi connectivity index (χ4v) is 2.97. The minimum absolute atomic E-state index is 0.113. The number of hydrogen-bond donors (Lipinski definition) is 3. The molecule has 1 aromatic rings. The van der Waals surface area contributed by atoms with Gasteiger partial charge in [0.1, 0.15) is 5.69 Å². The number of H-pyrrole nitrogens is 1. The summed E-state index contributed by atoms with van der Waals surface area (Å²) in [7, 11) is -3.20. The molecule has 0 unspecified atom stereocenters. The maximum absolute atomic E-state index is 12.1. The lowest BCUT2D eigenvalue weighted by atomic mass is 10.1. The Balaban J connectivity index is 1.94. The number of hydrogen-bond acceptors (Lipinski definition) is 5. The van der Waals surface area contributed by atoms with Gasteiger partial charge in [-0.25, -0.2) is 13.1 Å². The van der Waals surface area contributed by atoms with E-state index in [1.807, 2.05) is 0 Å². The highest BCUT2D eigenvalue weighted by Crippen LogP contribution is 2.16. The van der Waals surface area contributed by atoms with Crippen LogP contribution in [-0.2, 0) is 10.0 Å². The van der Waals surface area contributed by atoms with Crippen molar-refractivity contribution < 1.29 is 13.2 Å². The average Bonchev–Trinajstić information content (AvgIpc) is 2.73. The Morgan fingerprint density at radius 3 is 2.63 bits per heavy atom. The predicted octanol–water partition coefficient (Wildman–Crippen LogP) is -0.854. The number of aromatic nitrogens is 2. The van der Waals surface area contributed by atoms with E-state index in [4.69, 9.17) is 5.73 Å². The van der Waals surface area contributed by atoms with Gasteiger partial charge in [-0.05, 0) is 12.8 Å². The van der Waals surface area contributed by atoms with Gasteiger partial charge in [-0.3, -0.25) is 9.89 Å². The minimum Gasteiger partial charge on any atom is -0.396 e. The molecule has 1 aliphatic heterocycles. The van der Waals surface area contributed by atoms with Gasteiger partial charge in [0.05, 0.1) is 18.1 Å². The van der Waals surface area contributed by atoms with Crippen LogP contribution in [0.4, 0.5) is 5.69 Å². The maximum Gasteiger partial charge on any atom is 0.274 e. The Labute approximate surface area is 111 Å². The molecule has 19 heavy (non-hydrogen) atoms. The molecule has 1 aromatic heterocycles. The van der Waals surface area contributed by atoms with Crippen LogP contribution in [0.5, 0.6) is 0 Å². The molecule has 2 heterocycles. The lowest BCUT2D eigenvalue weighted by Crippen LogP contribution is -2.46. The number of carbonyl (C=O) groups excluding carboxylic acids is 1. The molecule has 4 N–H and O–H groups in total. The van der Waals surface area contributed by atoms with Crippen LogP contribution in [0, 0.1) is 0 Å². The summed E-state index contributed by atoms with van der Waals surface area (Å²) in [4.78, 5) is 13.8. The second kappa shape index (κ2) is 5.17. The zero-order valence-electron chi connectivity index (χ0n) is 10.6. The SMILES string of the molecule is CS(=O)(=O)NC1CCN(C(=O)c2[nH]ncc2N)CC1. The highest BCUT2D eigenvalue weighted by atomic mass is 32.2. The van der Waals surface area contributed by atoms with Crippen molar-refractivity contribution in [2.75, 3.05) is 25.1 Å². The summed E-state index contributed by atoms with van der Waals surface area (Å²) < 4.78 is 24.8. The molecule has 1 saturated heterocycles. The number of amides is 1. The van der Waals surface area contributed by atoms with Crippen LogP contribution in [-0.4, -0.2) is 54.8 Å². The normalized spacial score (nSPS) is 17.6. The van der Waals surface area contributed by atoms with Crippen molar-refractivity contribution in [1.82, 2.24) is 19.8 Å². The van der Waals surface area contributed by atoms with E-state index in [2.05, 4.69) is 14.9 Å². The molecule has 1 fully saturated rings. The molecule has 0 bridgehead atoms. The van der Waals surface area contributed by atoms with Crippen LogP contribution in [0.1, 0.15) is 23.3 Å². The fraction of sp³-hybridized carbons (Fsp3) is 0.600. The number of rotatable bonds is 3. The van der Waals surface area contributed by atoms with Crippen molar-refractivity contribution in [2.24, 2.45) is 0 Å². The standard InChI is InChI=1S/C10H17N5O3S/c1-19(17,18)14-7-2-4-15(5-3-7)10(16)9-8(11)6-12-13-9/h6-7,14H,2-5,11H2,1H3,(H,12,13). The van der Waals surface area contributed by atoms with Crippen LogP contribution in [0.2, 0.25) is 0 Å². The molecule has 106 valence electrons. The molecule has 0 aromatic carbocycles. The summed E-state index contributed by atoms with van der Waals surface area (Å²) in [5.74, 6) is -0.201. The molecule has 0 saturated carbocycles. The second-order valence-electron chi connectivity index (χ2n) is 4.66. The Bertz CT molecular complexity index is 559. The molecule has 2 rings (SSSR count). The third-order valence-electron chi connectivity index (χ3n) is 3.05.